The SMILES string of the molecule is Cc1cc(Cl)cc(C)c1S(=O)(=O)N1c2ccccc2NC(=O)C1CC(=O)NC(Cc1ccc(-c2ccncc2)cc1)C(=O)N1CCCC1. The molecule has 1 fully saturated rings. The molecule has 2 aliphatic rings. The Balaban J connectivity index is 1.29. The van der Waals surface area contributed by atoms with Crippen LogP contribution in [0.5, 0.6) is 0 Å². The molecule has 4 aromatic rings. The van der Waals surface area contributed by atoms with E-state index in [9.17, 15) is 22.8 Å². The van der Waals surface area contributed by atoms with Gasteiger partial charge in [0.25, 0.3) is 10.0 Å². The maximum absolute atomic E-state index is 14.4. The van der Waals surface area contributed by atoms with Crippen LogP contribution in [0.2, 0.25) is 5.02 Å². The second-order valence-corrected chi connectivity index (χ2v) is 14.4. The van der Waals surface area contributed by atoms with Crippen molar-refractivity contribution in [2.75, 3.05) is 22.7 Å². The summed E-state index contributed by atoms with van der Waals surface area (Å²) >= 11 is 6.22. The van der Waals surface area contributed by atoms with Gasteiger partial charge in [-0.25, -0.2) is 8.42 Å². The minimum Gasteiger partial charge on any atom is -0.344 e. The number of carbonyl (C=O) groups excluding carboxylic acids is 3. The van der Waals surface area contributed by atoms with Crippen molar-refractivity contribution in [1.29, 1.82) is 0 Å². The molecule has 1 saturated heterocycles. The third-order valence-corrected chi connectivity index (χ3v) is 11.1. The second-order valence-electron chi connectivity index (χ2n) is 12.2. The number of pyridine rings is 1. The van der Waals surface area contributed by atoms with E-state index in [0.29, 0.717) is 34.9 Å². The maximum atomic E-state index is 14.4. The number of rotatable bonds is 9. The van der Waals surface area contributed by atoms with Crippen LogP contribution < -0.4 is 14.9 Å². The van der Waals surface area contributed by atoms with Crippen LogP contribution in [0.3, 0.4) is 0 Å². The van der Waals surface area contributed by atoms with Crippen molar-refractivity contribution in [2.45, 2.75) is 56.5 Å². The quantitative estimate of drug-likeness (QED) is 0.247. The van der Waals surface area contributed by atoms with Crippen molar-refractivity contribution in [3.63, 3.8) is 0 Å². The molecule has 248 valence electrons. The summed E-state index contributed by atoms with van der Waals surface area (Å²) in [5.41, 5.74) is 4.21. The Kier molecular flexibility index (Phi) is 9.52. The highest BCUT2D eigenvalue weighted by Gasteiger charge is 2.43. The number of nitrogens with one attached hydrogen (secondary N) is 2. The molecule has 0 saturated carbocycles. The predicted molar refractivity (Wildman–Crippen MR) is 185 cm³/mol. The molecule has 10 nitrogen and oxygen atoms in total. The van der Waals surface area contributed by atoms with Crippen molar-refractivity contribution in [1.82, 2.24) is 15.2 Å². The van der Waals surface area contributed by atoms with Crippen LogP contribution >= 0.6 is 11.6 Å². The molecule has 0 spiro atoms. The van der Waals surface area contributed by atoms with E-state index in [-0.39, 0.29) is 22.9 Å². The van der Waals surface area contributed by atoms with Gasteiger partial charge in [0.1, 0.15) is 12.1 Å². The maximum Gasteiger partial charge on any atom is 0.265 e. The summed E-state index contributed by atoms with van der Waals surface area (Å²) < 4.78 is 29.9. The van der Waals surface area contributed by atoms with Crippen molar-refractivity contribution in [3.05, 3.63) is 107 Å². The molecule has 6 rings (SSSR count). The van der Waals surface area contributed by atoms with E-state index in [0.717, 1.165) is 33.8 Å². The van der Waals surface area contributed by atoms with E-state index < -0.39 is 40.3 Å². The number of anilines is 2. The number of halogens is 1. The minimum atomic E-state index is -4.36. The molecule has 1 aromatic heterocycles. The number of aromatic nitrogens is 1. The number of aryl methyl sites for hydroxylation is 2. The smallest absolute Gasteiger partial charge is 0.265 e. The Bertz CT molecular complexity index is 1940. The van der Waals surface area contributed by atoms with Crippen LogP contribution in [-0.2, 0) is 30.8 Å². The molecule has 3 aromatic carbocycles. The Labute approximate surface area is 285 Å². The van der Waals surface area contributed by atoms with Gasteiger partial charge >= 0.3 is 0 Å². The molecule has 48 heavy (non-hydrogen) atoms. The molecule has 0 radical (unpaired) electrons. The Morgan fingerprint density at radius 1 is 0.958 bits per heavy atom. The lowest BCUT2D eigenvalue weighted by molar-refractivity contribution is -0.135. The lowest BCUT2D eigenvalue weighted by Crippen LogP contribution is -2.55. The molecule has 2 atom stereocenters. The topological polar surface area (TPSA) is 129 Å². The molecule has 2 aliphatic heterocycles. The Hall–Kier alpha value is -4.74. The average Bonchev–Trinajstić information content (AvgIpc) is 3.60. The highest BCUT2D eigenvalue weighted by molar-refractivity contribution is 7.93. The van der Waals surface area contributed by atoms with Gasteiger partial charge in [-0.15, -0.1) is 0 Å². The third kappa shape index (κ3) is 6.79. The van der Waals surface area contributed by atoms with Gasteiger partial charge in [0, 0.05) is 36.9 Å². The number of para-hydroxylation sites is 2. The van der Waals surface area contributed by atoms with Crippen LogP contribution in [0.4, 0.5) is 11.4 Å². The van der Waals surface area contributed by atoms with Gasteiger partial charge in [-0.2, -0.15) is 0 Å². The number of hydrogen-bond acceptors (Lipinski definition) is 6. The van der Waals surface area contributed by atoms with Gasteiger partial charge in [0.15, 0.2) is 0 Å². The average molecular weight is 686 g/mol. The third-order valence-electron chi connectivity index (χ3n) is 8.76. The number of nitrogens with zero attached hydrogens (tertiary/aromatic N) is 3. The van der Waals surface area contributed by atoms with Crippen molar-refractivity contribution >= 4 is 50.7 Å². The molecular weight excluding hydrogens is 650 g/mol. The summed E-state index contributed by atoms with van der Waals surface area (Å²) in [4.78, 5) is 46.9. The van der Waals surface area contributed by atoms with Gasteiger partial charge in [0.2, 0.25) is 17.7 Å². The minimum absolute atomic E-state index is 0.0131. The van der Waals surface area contributed by atoms with E-state index in [1.165, 1.54) is 0 Å². The van der Waals surface area contributed by atoms with E-state index >= 15 is 0 Å². The van der Waals surface area contributed by atoms with Crippen LogP contribution in [-0.4, -0.2) is 61.2 Å². The van der Waals surface area contributed by atoms with E-state index in [4.69, 9.17) is 11.6 Å². The standard InChI is InChI=1S/C36H36ClN5O5S/c1-23-19-28(37)20-24(2)34(23)48(46,47)42-31-8-4-3-7-29(31)40-35(44)32(42)22-33(43)39-30(36(45)41-17-5-6-18-41)21-25-9-11-26(12-10-25)27-13-15-38-16-14-27/h3-4,7-16,19-20,30,32H,5-6,17-18,21-22H2,1-2H3,(H,39,43)(H,40,44). The number of hydrogen-bond donors (Lipinski definition) is 2. The fraction of sp³-hybridized carbons (Fsp3) is 0.278. The zero-order chi connectivity index (χ0) is 34.0. The van der Waals surface area contributed by atoms with Gasteiger partial charge in [-0.05, 0) is 90.9 Å². The lowest BCUT2D eigenvalue weighted by Gasteiger charge is -2.37. The van der Waals surface area contributed by atoms with Gasteiger partial charge in [-0.1, -0.05) is 48.0 Å². The largest absolute Gasteiger partial charge is 0.344 e. The Morgan fingerprint density at radius 2 is 1.58 bits per heavy atom. The first-order valence-corrected chi connectivity index (χ1v) is 17.6. The molecule has 0 aliphatic carbocycles. The fourth-order valence-corrected chi connectivity index (χ4v) is 8.92. The number of benzene rings is 3. The van der Waals surface area contributed by atoms with Crippen LogP contribution in [0, 0.1) is 13.8 Å². The summed E-state index contributed by atoms with van der Waals surface area (Å²) in [6, 6.07) is 18.9. The highest BCUT2D eigenvalue weighted by Crippen LogP contribution is 2.39. The summed E-state index contributed by atoms with van der Waals surface area (Å²) in [6.07, 6.45) is 4.92. The zero-order valence-electron chi connectivity index (χ0n) is 26.6. The number of fused-ring (bicyclic) bond motifs is 1. The fourth-order valence-electron chi connectivity index (χ4n) is 6.54. The monoisotopic (exact) mass is 685 g/mol. The molecule has 3 heterocycles. The molecule has 0 bridgehead atoms. The number of sulfonamides is 1. The summed E-state index contributed by atoms with van der Waals surface area (Å²) in [7, 11) is -4.36. The van der Waals surface area contributed by atoms with Gasteiger partial charge in [-0.3, -0.25) is 23.7 Å². The van der Waals surface area contributed by atoms with Crippen molar-refractivity contribution in [2.24, 2.45) is 0 Å². The molecular formula is C36H36ClN5O5S. The lowest BCUT2D eigenvalue weighted by atomic mass is 10.00. The summed E-state index contributed by atoms with van der Waals surface area (Å²) in [5, 5.41) is 6.01. The summed E-state index contributed by atoms with van der Waals surface area (Å²) in [5.74, 6) is -1.48. The van der Waals surface area contributed by atoms with Gasteiger partial charge in [0.05, 0.1) is 22.7 Å². The molecule has 2 unspecified atom stereocenters. The highest BCUT2D eigenvalue weighted by atomic mass is 35.5. The van der Waals surface area contributed by atoms with E-state index in [1.54, 1.807) is 67.5 Å². The van der Waals surface area contributed by atoms with Crippen LogP contribution in [0.25, 0.3) is 11.1 Å². The van der Waals surface area contributed by atoms with E-state index in [1.807, 2.05) is 36.4 Å². The molecule has 12 heteroatoms. The molecule has 3 amide bonds. The summed E-state index contributed by atoms with van der Waals surface area (Å²) in [6.45, 7) is 4.47. The molecule has 2 N–H and O–H groups in total. The number of amides is 3. The van der Waals surface area contributed by atoms with E-state index in [2.05, 4.69) is 15.6 Å². The van der Waals surface area contributed by atoms with Crippen LogP contribution in [0.1, 0.15) is 36.0 Å². The number of likely N-dealkylation sites (tertiary alicyclic amines) is 1. The van der Waals surface area contributed by atoms with Crippen molar-refractivity contribution < 1.29 is 22.8 Å². The first kappa shape index (κ1) is 33.2. The Morgan fingerprint density at radius 3 is 2.25 bits per heavy atom. The first-order valence-electron chi connectivity index (χ1n) is 15.8. The predicted octanol–water partition coefficient (Wildman–Crippen LogP) is 5.27. The van der Waals surface area contributed by atoms with Crippen LogP contribution in [0.15, 0.2) is 90.1 Å². The zero-order valence-corrected chi connectivity index (χ0v) is 28.2. The van der Waals surface area contributed by atoms with Gasteiger partial charge < -0.3 is 15.5 Å². The number of carbonyl (C=O) groups is 3. The first-order chi connectivity index (χ1) is 23.0. The van der Waals surface area contributed by atoms with Crippen molar-refractivity contribution in [3.8, 4) is 11.1 Å². The normalized spacial score (nSPS) is 16.6. The second kappa shape index (κ2) is 13.8.